The molecule has 4 rings (SSSR count). The summed E-state index contributed by atoms with van der Waals surface area (Å²) in [7, 11) is 0. The van der Waals surface area contributed by atoms with Crippen LogP contribution in [-0.4, -0.2) is 35.8 Å². The minimum atomic E-state index is -0.425. The number of thioether (sulfide) groups is 1. The highest BCUT2D eigenvalue weighted by Gasteiger charge is 2.11. The molecule has 2 heterocycles. The quantitative estimate of drug-likeness (QED) is 0.343. The molecule has 2 aromatic heterocycles. The fourth-order valence-electron chi connectivity index (χ4n) is 2.75. The molecule has 1 aromatic carbocycles. The first-order valence-corrected chi connectivity index (χ1v) is 9.15. The van der Waals surface area contributed by atoms with Crippen LogP contribution in [0.25, 0.3) is 11.0 Å². The van der Waals surface area contributed by atoms with Crippen LogP contribution in [0, 0.1) is 10.1 Å². The van der Waals surface area contributed by atoms with E-state index in [0.717, 1.165) is 18.6 Å². The Hall–Kier alpha value is -2.95. The lowest BCUT2D eigenvalue weighted by Crippen LogP contribution is -1.97. The molecule has 0 aliphatic heterocycles. The molecule has 1 aliphatic rings. The lowest BCUT2D eigenvalue weighted by atomic mass is 10.3. The number of aromatic nitrogens is 5. The number of nitrogens with zero attached hydrogens (tertiary/aromatic N) is 5. The smallest absolute Gasteiger partial charge is 0.271 e. The molecule has 1 aliphatic carbocycles. The van der Waals surface area contributed by atoms with E-state index in [1.807, 2.05) is 0 Å². The van der Waals surface area contributed by atoms with E-state index in [0.29, 0.717) is 33.7 Å². The lowest BCUT2D eigenvalue weighted by Gasteiger charge is -1.95. The number of nitrogens with one attached hydrogen (secondary N) is 3. The van der Waals surface area contributed by atoms with E-state index in [1.54, 1.807) is 6.07 Å². The molecule has 1 fully saturated rings. The summed E-state index contributed by atoms with van der Waals surface area (Å²) < 4.78 is 0. The van der Waals surface area contributed by atoms with Gasteiger partial charge in [0.1, 0.15) is 5.82 Å². The Balaban J connectivity index is 1.38. The van der Waals surface area contributed by atoms with Gasteiger partial charge in [-0.05, 0) is 31.7 Å². The number of rotatable bonds is 6. The van der Waals surface area contributed by atoms with E-state index in [-0.39, 0.29) is 5.69 Å². The van der Waals surface area contributed by atoms with E-state index >= 15 is 0 Å². The largest absolute Gasteiger partial charge is 0.341 e. The molecule has 3 N–H and O–H groups in total. The van der Waals surface area contributed by atoms with Crippen LogP contribution in [0.5, 0.6) is 0 Å². The third-order valence-electron chi connectivity index (χ3n) is 4.03. The zero-order valence-corrected chi connectivity index (χ0v) is 14.5. The first-order valence-electron chi connectivity index (χ1n) is 8.17. The summed E-state index contributed by atoms with van der Waals surface area (Å²) in [4.78, 5) is 22.2. The molecule has 0 radical (unpaired) electrons. The van der Waals surface area contributed by atoms with E-state index < -0.39 is 4.92 Å². The summed E-state index contributed by atoms with van der Waals surface area (Å²) in [6.45, 7) is 0. The second-order valence-electron chi connectivity index (χ2n) is 5.89. The van der Waals surface area contributed by atoms with Crippen LogP contribution < -0.4 is 5.43 Å². The second kappa shape index (κ2) is 7.12. The van der Waals surface area contributed by atoms with Crippen LogP contribution in [0.15, 0.2) is 28.5 Å². The normalized spacial score (nSPS) is 14.1. The van der Waals surface area contributed by atoms with Gasteiger partial charge in [-0.1, -0.05) is 11.8 Å². The maximum Gasteiger partial charge on any atom is 0.271 e. The van der Waals surface area contributed by atoms with Gasteiger partial charge in [0.05, 0.1) is 21.7 Å². The van der Waals surface area contributed by atoms with Crippen molar-refractivity contribution in [3.05, 3.63) is 34.1 Å². The third-order valence-corrected chi connectivity index (χ3v) is 4.89. The van der Waals surface area contributed by atoms with Crippen molar-refractivity contribution in [3.63, 3.8) is 0 Å². The van der Waals surface area contributed by atoms with E-state index in [9.17, 15) is 10.1 Å². The molecule has 1 saturated carbocycles. The standard InChI is InChI=1S/C15H16N8O2S/c24-23(25)10-5-6-11-12(7-10)17-13(16-11)8-26-15-18-14(21-22-15)20-19-9-3-1-2-4-9/h5-7H,1-4,8H2,(H,16,17)(H2,18,20,21,22). The van der Waals surface area contributed by atoms with Gasteiger partial charge in [0, 0.05) is 17.8 Å². The van der Waals surface area contributed by atoms with Crippen molar-refractivity contribution in [2.24, 2.45) is 5.10 Å². The zero-order chi connectivity index (χ0) is 17.9. The van der Waals surface area contributed by atoms with Crippen molar-refractivity contribution in [2.75, 3.05) is 5.43 Å². The van der Waals surface area contributed by atoms with Crippen LogP contribution >= 0.6 is 11.8 Å². The topological polar surface area (TPSA) is 138 Å². The molecule has 3 aromatic rings. The van der Waals surface area contributed by atoms with Crippen LogP contribution in [-0.2, 0) is 5.75 Å². The van der Waals surface area contributed by atoms with Gasteiger partial charge in [-0.25, -0.2) is 15.5 Å². The van der Waals surface area contributed by atoms with Gasteiger partial charge in [-0.15, -0.1) is 5.10 Å². The highest BCUT2D eigenvalue weighted by Crippen LogP contribution is 2.23. The number of fused-ring (bicyclic) bond motifs is 1. The fourth-order valence-corrected chi connectivity index (χ4v) is 3.42. The summed E-state index contributed by atoms with van der Waals surface area (Å²) in [5, 5.41) is 22.7. The number of hydrogen-bond donors (Lipinski definition) is 3. The summed E-state index contributed by atoms with van der Waals surface area (Å²) in [6, 6.07) is 4.56. The van der Waals surface area contributed by atoms with Crippen molar-refractivity contribution < 1.29 is 4.92 Å². The molecule has 134 valence electrons. The minimum absolute atomic E-state index is 0.0360. The van der Waals surface area contributed by atoms with E-state index in [1.165, 1.54) is 36.7 Å². The van der Waals surface area contributed by atoms with E-state index in [4.69, 9.17) is 0 Å². The summed E-state index contributed by atoms with van der Waals surface area (Å²) in [5.41, 5.74) is 5.43. The molecule has 11 heteroatoms. The molecular formula is C15H16N8O2S. The van der Waals surface area contributed by atoms with E-state index in [2.05, 4.69) is 35.7 Å². The van der Waals surface area contributed by atoms with Crippen LogP contribution in [0.3, 0.4) is 0 Å². The van der Waals surface area contributed by atoms with Gasteiger partial charge in [0.25, 0.3) is 5.69 Å². The number of aromatic amines is 2. The summed E-state index contributed by atoms with van der Waals surface area (Å²) in [6.07, 6.45) is 4.46. The molecule has 10 nitrogen and oxygen atoms in total. The Bertz CT molecular complexity index is 971. The number of non-ortho nitro benzene ring substituents is 1. The zero-order valence-electron chi connectivity index (χ0n) is 13.7. The predicted octanol–water partition coefficient (Wildman–Crippen LogP) is 3.22. The first-order chi connectivity index (χ1) is 12.7. The molecule has 0 saturated heterocycles. The Morgan fingerprint density at radius 2 is 2.15 bits per heavy atom. The molecule has 0 atom stereocenters. The van der Waals surface area contributed by atoms with Crippen molar-refractivity contribution in [2.45, 2.75) is 36.6 Å². The number of nitro benzene ring substituents is 1. The van der Waals surface area contributed by atoms with Crippen LogP contribution in [0.4, 0.5) is 11.6 Å². The number of H-pyrrole nitrogens is 2. The number of nitro groups is 1. The highest BCUT2D eigenvalue weighted by molar-refractivity contribution is 7.98. The average molecular weight is 372 g/mol. The van der Waals surface area contributed by atoms with Crippen molar-refractivity contribution in [1.82, 2.24) is 25.1 Å². The Kier molecular flexibility index (Phi) is 4.52. The first kappa shape index (κ1) is 16.5. The second-order valence-corrected chi connectivity index (χ2v) is 6.84. The number of benzene rings is 1. The number of hydrogen-bond acceptors (Lipinski definition) is 8. The number of imidazole rings is 1. The highest BCUT2D eigenvalue weighted by atomic mass is 32.2. The molecule has 26 heavy (non-hydrogen) atoms. The molecule has 0 bridgehead atoms. The van der Waals surface area contributed by atoms with Gasteiger partial charge in [0.15, 0.2) is 0 Å². The Morgan fingerprint density at radius 3 is 2.96 bits per heavy atom. The van der Waals surface area contributed by atoms with Crippen molar-refractivity contribution >= 4 is 40.1 Å². The van der Waals surface area contributed by atoms with Gasteiger partial charge in [-0.3, -0.25) is 10.1 Å². The third kappa shape index (κ3) is 3.67. The fraction of sp³-hybridized carbons (Fsp3) is 0.333. The maximum absolute atomic E-state index is 10.8. The summed E-state index contributed by atoms with van der Waals surface area (Å²) >= 11 is 1.41. The number of anilines is 1. The Morgan fingerprint density at radius 1 is 1.31 bits per heavy atom. The molecular weight excluding hydrogens is 356 g/mol. The number of hydrazone groups is 1. The monoisotopic (exact) mass is 372 g/mol. The van der Waals surface area contributed by atoms with Gasteiger partial charge < -0.3 is 4.98 Å². The molecule has 0 spiro atoms. The van der Waals surface area contributed by atoms with Crippen LogP contribution in [0.2, 0.25) is 0 Å². The van der Waals surface area contributed by atoms with Crippen molar-refractivity contribution in [3.8, 4) is 0 Å². The molecule has 0 amide bonds. The SMILES string of the molecule is O=[N+]([O-])c1ccc2nc(CSc3n[nH]c(NN=C4CCCC4)n3)[nH]c2c1. The maximum atomic E-state index is 10.8. The lowest BCUT2D eigenvalue weighted by molar-refractivity contribution is -0.384. The molecule has 0 unspecified atom stereocenters. The average Bonchev–Trinajstić information content (AvgIpc) is 3.37. The van der Waals surface area contributed by atoms with Gasteiger partial charge >= 0.3 is 0 Å². The van der Waals surface area contributed by atoms with Gasteiger partial charge in [0.2, 0.25) is 11.1 Å². The summed E-state index contributed by atoms with van der Waals surface area (Å²) in [5.74, 6) is 1.73. The minimum Gasteiger partial charge on any atom is -0.341 e. The van der Waals surface area contributed by atoms with Crippen molar-refractivity contribution in [1.29, 1.82) is 0 Å². The Labute approximate surface area is 152 Å². The van der Waals surface area contributed by atoms with Crippen LogP contribution in [0.1, 0.15) is 31.5 Å². The van der Waals surface area contributed by atoms with Gasteiger partial charge in [-0.2, -0.15) is 10.1 Å². The predicted molar refractivity (Wildman–Crippen MR) is 98.2 cm³/mol.